The molecule has 3 amide bonds. The Morgan fingerprint density at radius 3 is 2.52 bits per heavy atom. The van der Waals surface area contributed by atoms with Crippen molar-refractivity contribution in [2.75, 3.05) is 17.2 Å². The van der Waals surface area contributed by atoms with Crippen molar-refractivity contribution < 1.29 is 9.59 Å². The maximum absolute atomic E-state index is 14.0. The number of benzene rings is 3. The summed E-state index contributed by atoms with van der Waals surface area (Å²) in [5.74, 6) is 0.677. The van der Waals surface area contributed by atoms with Crippen LogP contribution in [0.1, 0.15) is 27.8 Å². The van der Waals surface area contributed by atoms with E-state index in [2.05, 4.69) is 17.4 Å². The second-order valence-electron chi connectivity index (χ2n) is 8.69. The first-order chi connectivity index (χ1) is 16.0. The molecule has 0 unspecified atom stereocenters. The molecule has 6 heteroatoms. The highest BCUT2D eigenvalue weighted by molar-refractivity contribution is 8.01. The first-order valence-corrected chi connectivity index (χ1v) is 12.2. The van der Waals surface area contributed by atoms with Crippen molar-refractivity contribution in [3.8, 4) is 0 Å². The SMILES string of the molecule is Cc1cccc(CNC(=O)N2CCS[C@@]23C(=O)N(Cc2ccccc2)c2ccc(C)cc23)c1. The summed E-state index contributed by atoms with van der Waals surface area (Å²) in [4.78, 5) is 30.0. The van der Waals surface area contributed by atoms with Crippen LogP contribution >= 0.6 is 11.8 Å². The largest absolute Gasteiger partial charge is 0.334 e. The van der Waals surface area contributed by atoms with Crippen LogP contribution in [0.25, 0.3) is 0 Å². The van der Waals surface area contributed by atoms with Gasteiger partial charge in [0, 0.05) is 24.4 Å². The lowest BCUT2D eigenvalue weighted by atomic mass is 10.0. The average Bonchev–Trinajstić information content (AvgIpc) is 3.35. The molecule has 1 saturated heterocycles. The molecule has 3 aromatic rings. The van der Waals surface area contributed by atoms with Crippen LogP contribution in [-0.4, -0.2) is 29.1 Å². The number of rotatable bonds is 4. The predicted octanol–water partition coefficient (Wildman–Crippen LogP) is 4.96. The molecular formula is C27H27N3O2S. The number of amides is 3. The minimum atomic E-state index is -1.02. The van der Waals surface area contributed by atoms with Crippen LogP contribution in [0.5, 0.6) is 0 Å². The summed E-state index contributed by atoms with van der Waals surface area (Å²) in [7, 11) is 0. The highest BCUT2D eigenvalue weighted by Crippen LogP contribution is 2.54. The number of carbonyl (C=O) groups excluding carboxylic acids is 2. The number of thioether (sulfide) groups is 1. The second kappa shape index (κ2) is 8.60. The zero-order valence-corrected chi connectivity index (χ0v) is 19.7. The van der Waals surface area contributed by atoms with Gasteiger partial charge in [0.25, 0.3) is 5.91 Å². The van der Waals surface area contributed by atoms with Gasteiger partial charge < -0.3 is 10.2 Å². The summed E-state index contributed by atoms with van der Waals surface area (Å²) >= 11 is 1.56. The van der Waals surface area contributed by atoms with E-state index in [4.69, 9.17) is 0 Å². The van der Waals surface area contributed by atoms with Crippen molar-refractivity contribution in [3.05, 3.63) is 101 Å². The van der Waals surface area contributed by atoms with Crippen LogP contribution in [0.4, 0.5) is 10.5 Å². The van der Waals surface area contributed by atoms with Gasteiger partial charge in [-0.1, -0.05) is 77.9 Å². The van der Waals surface area contributed by atoms with E-state index in [1.54, 1.807) is 16.7 Å². The number of nitrogens with one attached hydrogen (secondary N) is 1. The second-order valence-corrected chi connectivity index (χ2v) is 9.98. The van der Waals surface area contributed by atoms with Gasteiger partial charge >= 0.3 is 6.03 Å². The minimum Gasteiger partial charge on any atom is -0.334 e. The van der Waals surface area contributed by atoms with Crippen molar-refractivity contribution >= 4 is 29.4 Å². The topological polar surface area (TPSA) is 52.7 Å². The fourth-order valence-electron chi connectivity index (χ4n) is 4.75. The van der Waals surface area contributed by atoms with Gasteiger partial charge in [-0.05, 0) is 31.0 Å². The first-order valence-electron chi connectivity index (χ1n) is 11.2. The summed E-state index contributed by atoms with van der Waals surface area (Å²) in [5, 5.41) is 3.05. The number of carbonyl (C=O) groups is 2. The third kappa shape index (κ3) is 3.78. The van der Waals surface area contributed by atoms with Gasteiger partial charge in [-0.2, -0.15) is 0 Å². The molecule has 0 bridgehead atoms. The molecule has 1 atom stereocenters. The number of nitrogens with zero attached hydrogens (tertiary/aromatic N) is 2. The van der Waals surface area contributed by atoms with E-state index >= 15 is 0 Å². The number of aryl methyl sites for hydroxylation is 2. The van der Waals surface area contributed by atoms with Crippen molar-refractivity contribution in [1.29, 1.82) is 0 Å². The smallest absolute Gasteiger partial charge is 0.319 e. The molecule has 0 saturated carbocycles. The maximum atomic E-state index is 14.0. The van der Waals surface area contributed by atoms with E-state index in [0.29, 0.717) is 19.6 Å². The monoisotopic (exact) mass is 457 g/mol. The van der Waals surface area contributed by atoms with E-state index < -0.39 is 4.87 Å². The third-order valence-corrected chi connectivity index (χ3v) is 7.72. The van der Waals surface area contributed by atoms with Crippen LogP contribution < -0.4 is 10.2 Å². The molecule has 0 aliphatic carbocycles. The fraction of sp³-hybridized carbons (Fsp3) is 0.259. The van der Waals surface area contributed by atoms with E-state index in [1.807, 2.05) is 79.4 Å². The molecule has 2 aliphatic rings. The normalized spacial score (nSPS) is 19.3. The highest BCUT2D eigenvalue weighted by atomic mass is 32.2. The van der Waals surface area contributed by atoms with Crippen molar-refractivity contribution in [3.63, 3.8) is 0 Å². The van der Waals surface area contributed by atoms with Gasteiger partial charge in [-0.25, -0.2) is 4.79 Å². The van der Waals surface area contributed by atoms with Crippen molar-refractivity contribution in [1.82, 2.24) is 10.2 Å². The van der Waals surface area contributed by atoms with Gasteiger partial charge in [0.1, 0.15) is 0 Å². The fourth-order valence-corrected chi connectivity index (χ4v) is 6.20. The molecule has 1 N–H and O–H groups in total. The van der Waals surface area contributed by atoms with Crippen LogP contribution in [0.15, 0.2) is 72.8 Å². The number of hydrogen-bond donors (Lipinski definition) is 1. The van der Waals surface area contributed by atoms with Gasteiger partial charge in [0.05, 0.1) is 12.2 Å². The van der Waals surface area contributed by atoms with Crippen molar-refractivity contribution in [2.45, 2.75) is 31.8 Å². The van der Waals surface area contributed by atoms with E-state index in [-0.39, 0.29) is 11.9 Å². The predicted molar refractivity (Wildman–Crippen MR) is 133 cm³/mol. The standard InChI is InChI=1S/C27H27N3O2S/c1-19-7-6-10-22(15-19)17-28-26(32)30-13-14-33-27(30)23-16-20(2)11-12-24(23)29(25(27)31)18-21-8-4-3-5-9-21/h3-12,15-16H,13-14,17-18H2,1-2H3,(H,28,32)/t27-/m0/s1. The summed E-state index contributed by atoms with van der Waals surface area (Å²) in [6.07, 6.45) is 0. The highest BCUT2D eigenvalue weighted by Gasteiger charge is 2.59. The minimum absolute atomic E-state index is 0.0415. The molecule has 0 radical (unpaired) electrons. The number of anilines is 1. The van der Waals surface area contributed by atoms with Gasteiger partial charge in [0.2, 0.25) is 0 Å². The average molecular weight is 458 g/mol. The molecule has 3 aromatic carbocycles. The van der Waals surface area contributed by atoms with Crippen LogP contribution in [0.3, 0.4) is 0 Å². The quantitative estimate of drug-likeness (QED) is 0.602. The Morgan fingerprint density at radius 1 is 0.970 bits per heavy atom. The van der Waals surface area contributed by atoms with Gasteiger partial charge in [0.15, 0.2) is 4.87 Å². The van der Waals surface area contributed by atoms with Gasteiger partial charge in [-0.3, -0.25) is 9.69 Å². The van der Waals surface area contributed by atoms with Crippen LogP contribution in [0, 0.1) is 13.8 Å². The molecule has 1 spiro atoms. The molecule has 1 fully saturated rings. The molecule has 0 aromatic heterocycles. The Kier molecular flexibility index (Phi) is 5.62. The van der Waals surface area contributed by atoms with E-state index in [9.17, 15) is 9.59 Å². The van der Waals surface area contributed by atoms with E-state index in [0.717, 1.165) is 39.3 Å². The summed E-state index contributed by atoms with van der Waals surface area (Å²) in [5.41, 5.74) is 6.14. The Hall–Kier alpha value is -3.25. The molecular weight excluding hydrogens is 430 g/mol. The Bertz CT molecular complexity index is 1210. The number of urea groups is 1. The lowest BCUT2D eigenvalue weighted by molar-refractivity contribution is -0.123. The molecule has 168 valence electrons. The lowest BCUT2D eigenvalue weighted by Gasteiger charge is -2.33. The first kappa shape index (κ1) is 21.6. The molecule has 33 heavy (non-hydrogen) atoms. The summed E-state index contributed by atoms with van der Waals surface area (Å²) < 4.78 is 0. The lowest BCUT2D eigenvalue weighted by Crippen LogP contribution is -2.53. The van der Waals surface area contributed by atoms with Crippen LogP contribution in [0.2, 0.25) is 0 Å². The zero-order chi connectivity index (χ0) is 23.0. The van der Waals surface area contributed by atoms with Crippen molar-refractivity contribution in [2.24, 2.45) is 0 Å². The Balaban J connectivity index is 1.47. The number of fused-ring (bicyclic) bond motifs is 2. The zero-order valence-electron chi connectivity index (χ0n) is 18.9. The molecule has 2 heterocycles. The molecule has 5 nitrogen and oxygen atoms in total. The van der Waals surface area contributed by atoms with E-state index in [1.165, 1.54) is 0 Å². The maximum Gasteiger partial charge on any atom is 0.319 e. The molecule has 5 rings (SSSR count). The Labute approximate surface area is 198 Å². The summed E-state index contributed by atoms with van der Waals surface area (Å²) in [6, 6.07) is 24.0. The number of hydrogen-bond acceptors (Lipinski definition) is 3. The Morgan fingerprint density at radius 2 is 1.73 bits per heavy atom. The molecule has 2 aliphatic heterocycles. The van der Waals surface area contributed by atoms with Gasteiger partial charge in [-0.15, -0.1) is 11.8 Å². The third-order valence-electron chi connectivity index (χ3n) is 6.30. The summed E-state index contributed by atoms with van der Waals surface area (Å²) in [6.45, 7) is 5.51. The van der Waals surface area contributed by atoms with Crippen LogP contribution in [-0.2, 0) is 22.8 Å².